The Kier molecular flexibility index (Phi) is 8.68. The molecule has 30 heavy (non-hydrogen) atoms. The van der Waals surface area contributed by atoms with E-state index >= 15 is 0 Å². The summed E-state index contributed by atoms with van der Waals surface area (Å²) in [4.78, 5) is 29.4. The maximum atomic E-state index is 12.7. The van der Waals surface area contributed by atoms with E-state index < -0.39 is 0 Å². The summed E-state index contributed by atoms with van der Waals surface area (Å²) in [5.74, 6) is 0.677. The van der Waals surface area contributed by atoms with Crippen LogP contribution in [0.2, 0.25) is 0 Å². The van der Waals surface area contributed by atoms with Crippen LogP contribution >= 0.6 is 11.3 Å². The van der Waals surface area contributed by atoms with Crippen LogP contribution in [0.4, 0.5) is 0 Å². The molecule has 1 heterocycles. The third-order valence-electron chi connectivity index (χ3n) is 5.33. The highest BCUT2D eigenvalue weighted by Gasteiger charge is 2.28. The topological polar surface area (TPSA) is 80.3 Å². The van der Waals surface area contributed by atoms with Gasteiger partial charge in [0.1, 0.15) is 23.1 Å². The van der Waals surface area contributed by atoms with E-state index in [0.717, 1.165) is 55.7 Å². The molecule has 1 aromatic carbocycles. The third-order valence-corrected chi connectivity index (χ3v) is 6.15. The molecule has 2 atom stereocenters. The molecule has 1 aromatic heterocycles. The second kappa shape index (κ2) is 11.7. The van der Waals surface area contributed by atoms with Crippen LogP contribution in [0.3, 0.4) is 0 Å². The third kappa shape index (κ3) is 6.83. The van der Waals surface area contributed by atoms with E-state index in [2.05, 4.69) is 22.5 Å². The van der Waals surface area contributed by atoms with Crippen molar-refractivity contribution in [2.75, 3.05) is 0 Å². The average molecular weight is 430 g/mol. The SMILES string of the molecule is CCCCCC(=O)NC1CCCCC1NC(=O)c1csc(COc2ccccc2)n1. The normalized spacial score (nSPS) is 18.6. The molecule has 162 valence electrons. The molecule has 2 unspecified atom stereocenters. The highest BCUT2D eigenvalue weighted by Crippen LogP contribution is 2.20. The van der Waals surface area contributed by atoms with Gasteiger partial charge in [0.15, 0.2) is 0 Å². The van der Waals surface area contributed by atoms with Crippen molar-refractivity contribution in [2.45, 2.75) is 77.0 Å². The molecule has 3 rings (SSSR count). The number of carbonyl (C=O) groups is 2. The number of benzene rings is 1. The fourth-order valence-corrected chi connectivity index (χ4v) is 4.36. The van der Waals surface area contributed by atoms with Crippen molar-refractivity contribution in [3.63, 3.8) is 0 Å². The van der Waals surface area contributed by atoms with Crippen molar-refractivity contribution < 1.29 is 14.3 Å². The fourth-order valence-electron chi connectivity index (χ4n) is 3.68. The molecule has 1 saturated carbocycles. The lowest BCUT2D eigenvalue weighted by Crippen LogP contribution is -2.53. The average Bonchev–Trinajstić information content (AvgIpc) is 3.24. The summed E-state index contributed by atoms with van der Waals surface area (Å²) in [5, 5.41) is 8.75. The molecule has 0 bridgehead atoms. The first kappa shape index (κ1) is 22.3. The Hall–Kier alpha value is -2.41. The summed E-state index contributed by atoms with van der Waals surface area (Å²) in [6.45, 7) is 2.46. The number of carbonyl (C=O) groups excluding carboxylic acids is 2. The lowest BCUT2D eigenvalue weighted by atomic mass is 9.90. The maximum absolute atomic E-state index is 12.7. The first-order valence-electron chi connectivity index (χ1n) is 10.9. The van der Waals surface area contributed by atoms with E-state index in [4.69, 9.17) is 4.74 Å². The van der Waals surface area contributed by atoms with E-state index in [-0.39, 0.29) is 23.9 Å². The number of nitrogens with one attached hydrogen (secondary N) is 2. The first-order chi connectivity index (χ1) is 14.7. The molecular weight excluding hydrogens is 398 g/mol. The number of aromatic nitrogens is 1. The Morgan fingerprint density at radius 2 is 1.83 bits per heavy atom. The van der Waals surface area contributed by atoms with E-state index in [9.17, 15) is 9.59 Å². The van der Waals surface area contributed by atoms with Crippen LogP contribution in [0.25, 0.3) is 0 Å². The van der Waals surface area contributed by atoms with E-state index in [0.29, 0.717) is 18.7 Å². The number of nitrogens with zero attached hydrogens (tertiary/aromatic N) is 1. The predicted octanol–water partition coefficient (Wildman–Crippen LogP) is 4.46. The minimum Gasteiger partial charge on any atom is -0.486 e. The van der Waals surface area contributed by atoms with Crippen LogP contribution in [0.5, 0.6) is 5.75 Å². The standard InChI is InChI=1S/C23H31N3O3S/c1-2-3-5-14-21(27)24-18-12-8-9-13-19(18)26-23(28)20-16-30-22(25-20)15-29-17-10-6-4-7-11-17/h4,6-7,10-11,16,18-19H,2-3,5,8-9,12-15H2,1H3,(H,24,27)(H,26,28). The molecule has 0 radical (unpaired) electrons. The highest BCUT2D eigenvalue weighted by molar-refractivity contribution is 7.09. The summed E-state index contributed by atoms with van der Waals surface area (Å²) < 4.78 is 5.70. The van der Waals surface area contributed by atoms with E-state index in [1.54, 1.807) is 5.38 Å². The summed E-state index contributed by atoms with van der Waals surface area (Å²) in [5.41, 5.74) is 0.408. The van der Waals surface area contributed by atoms with Gasteiger partial charge in [-0.25, -0.2) is 4.98 Å². The minimum atomic E-state index is -0.186. The quantitative estimate of drug-likeness (QED) is 0.547. The smallest absolute Gasteiger partial charge is 0.271 e. The number of unbranched alkanes of at least 4 members (excludes halogenated alkanes) is 2. The van der Waals surface area contributed by atoms with Gasteiger partial charge in [0.2, 0.25) is 5.91 Å². The van der Waals surface area contributed by atoms with Crippen molar-refractivity contribution in [2.24, 2.45) is 0 Å². The van der Waals surface area contributed by atoms with Crippen LogP contribution in [0.15, 0.2) is 35.7 Å². The second-order valence-corrected chi connectivity index (χ2v) is 8.67. The molecule has 0 saturated heterocycles. The monoisotopic (exact) mass is 429 g/mol. The molecule has 1 fully saturated rings. The van der Waals surface area contributed by atoms with Crippen molar-refractivity contribution in [1.82, 2.24) is 15.6 Å². The highest BCUT2D eigenvalue weighted by atomic mass is 32.1. The fraction of sp³-hybridized carbons (Fsp3) is 0.522. The number of para-hydroxylation sites is 1. The van der Waals surface area contributed by atoms with E-state index in [1.165, 1.54) is 11.3 Å². The zero-order valence-electron chi connectivity index (χ0n) is 17.6. The van der Waals surface area contributed by atoms with Gasteiger partial charge in [-0.3, -0.25) is 9.59 Å². The molecule has 0 spiro atoms. The number of hydrogen-bond acceptors (Lipinski definition) is 5. The largest absolute Gasteiger partial charge is 0.486 e. The molecular formula is C23H31N3O3S. The molecule has 2 aromatic rings. The van der Waals surface area contributed by atoms with Gasteiger partial charge in [-0.05, 0) is 31.4 Å². The Labute approximate surface area is 182 Å². The summed E-state index contributed by atoms with van der Waals surface area (Å²) in [6, 6.07) is 9.49. The molecule has 7 heteroatoms. The van der Waals surface area contributed by atoms with Crippen molar-refractivity contribution in [1.29, 1.82) is 0 Å². The molecule has 2 amide bonds. The Balaban J connectivity index is 1.50. The molecule has 2 N–H and O–H groups in total. The lowest BCUT2D eigenvalue weighted by Gasteiger charge is -2.32. The maximum Gasteiger partial charge on any atom is 0.271 e. The van der Waals surface area contributed by atoms with Gasteiger partial charge in [0.05, 0.1) is 0 Å². The van der Waals surface area contributed by atoms with Crippen LogP contribution in [0, 0.1) is 0 Å². The number of thiazole rings is 1. The van der Waals surface area contributed by atoms with E-state index in [1.807, 2.05) is 30.3 Å². The predicted molar refractivity (Wildman–Crippen MR) is 119 cm³/mol. The first-order valence-corrected chi connectivity index (χ1v) is 11.8. The zero-order chi connectivity index (χ0) is 21.2. The van der Waals surface area contributed by atoms with Gasteiger partial charge in [-0.1, -0.05) is 50.8 Å². The van der Waals surface area contributed by atoms with Gasteiger partial charge in [0.25, 0.3) is 5.91 Å². The van der Waals surface area contributed by atoms with Crippen LogP contribution < -0.4 is 15.4 Å². The van der Waals surface area contributed by atoms with Gasteiger partial charge in [0, 0.05) is 23.9 Å². The second-order valence-electron chi connectivity index (χ2n) is 7.72. The number of amides is 2. The lowest BCUT2D eigenvalue weighted by molar-refractivity contribution is -0.122. The Morgan fingerprint density at radius 1 is 1.10 bits per heavy atom. The minimum absolute atomic E-state index is 0.00338. The van der Waals surface area contributed by atoms with Crippen molar-refractivity contribution >= 4 is 23.2 Å². The molecule has 0 aliphatic heterocycles. The number of hydrogen-bond donors (Lipinski definition) is 2. The van der Waals surface area contributed by atoms with Crippen molar-refractivity contribution in [3.05, 3.63) is 46.4 Å². The molecule has 1 aliphatic rings. The summed E-state index contributed by atoms with van der Waals surface area (Å²) in [7, 11) is 0. The zero-order valence-corrected chi connectivity index (χ0v) is 18.4. The molecule has 1 aliphatic carbocycles. The molecule has 6 nitrogen and oxygen atoms in total. The van der Waals surface area contributed by atoms with Gasteiger partial charge in [-0.2, -0.15) is 0 Å². The van der Waals surface area contributed by atoms with Gasteiger partial charge in [-0.15, -0.1) is 11.3 Å². The Morgan fingerprint density at radius 3 is 2.57 bits per heavy atom. The van der Waals surface area contributed by atoms with Crippen LogP contribution in [-0.4, -0.2) is 28.9 Å². The van der Waals surface area contributed by atoms with Crippen LogP contribution in [-0.2, 0) is 11.4 Å². The van der Waals surface area contributed by atoms with Gasteiger partial charge >= 0.3 is 0 Å². The Bertz CT molecular complexity index is 809. The van der Waals surface area contributed by atoms with Gasteiger partial charge < -0.3 is 15.4 Å². The number of rotatable bonds is 10. The summed E-state index contributed by atoms with van der Waals surface area (Å²) >= 11 is 1.42. The van der Waals surface area contributed by atoms with Crippen molar-refractivity contribution in [3.8, 4) is 5.75 Å². The summed E-state index contributed by atoms with van der Waals surface area (Å²) in [6.07, 6.45) is 7.54. The number of ether oxygens (including phenoxy) is 1. The van der Waals surface area contributed by atoms with Crippen LogP contribution in [0.1, 0.15) is 73.8 Å².